The highest BCUT2D eigenvalue weighted by atomic mass is 127. The summed E-state index contributed by atoms with van der Waals surface area (Å²) in [5.74, 6) is -0.226. The average Bonchev–Trinajstić information content (AvgIpc) is 2.42. The third-order valence-corrected chi connectivity index (χ3v) is 3.83. The van der Waals surface area contributed by atoms with E-state index in [0.717, 1.165) is 18.8 Å². The monoisotopic (exact) mass is 370 g/mol. The van der Waals surface area contributed by atoms with E-state index in [-0.39, 0.29) is 5.82 Å². The van der Waals surface area contributed by atoms with Crippen LogP contribution in [0.4, 0.5) is 15.8 Å². The number of rotatable bonds is 4. The van der Waals surface area contributed by atoms with Crippen LogP contribution in [0.25, 0.3) is 0 Å². The molecule has 0 radical (unpaired) electrons. The van der Waals surface area contributed by atoms with Gasteiger partial charge in [0.05, 0.1) is 14.9 Å². The molecule has 0 saturated heterocycles. The highest BCUT2D eigenvalue weighted by Crippen LogP contribution is 2.28. The first-order valence-corrected chi connectivity index (χ1v) is 7.23. The summed E-state index contributed by atoms with van der Waals surface area (Å²) in [5.41, 5.74) is 8.56. The molecule has 0 bridgehead atoms. The summed E-state index contributed by atoms with van der Waals surface area (Å²) in [6, 6.07) is 13.3. The van der Waals surface area contributed by atoms with E-state index in [9.17, 15) is 4.39 Å². The molecule has 0 spiro atoms. The summed E-state index contributed by atoms with van der Waals surface area (Å²) in [5, 5.41) is 0. The van der Waals surface area contributed by atoms with Gasteiger partial charge in [-0.3, -0.25) is 0 Å². The Bertz CT molecular complexity index is 558. The number of nitrogens with two attached hydrogens (primary N) is 1. The number of benzene rings is 2. The van der Waals surface area contributed by atoms with Crippen molar-refractivity contribution in [3.63, 3.8) is 0 Å². The molecule has 0 aliphatic heterocycles. The molecule has 2 N–H and O–H groups in total. The maximum Gasteiger partial charge on any atom is 0.138 e. The Morgan fingerprint density at radius 2 is 1.89 bits per heavy atom. The van der Waals surface area contributed by atoms with Crippen LogP contribution in [0.5, 0.6) is 0 Å². The topological polar surface area (TPSA) is 29.3 Å². The van der Waals surface area contributed by atoms with E-state index in [4.69, 9.17) is 5.73 Å². The highest BCUT2D eigenvalue weighted by Gasteiger charge is 2.12. The second-order valence-corrected chi connectivity index (χ2v) is 5.49. The Balaban J connectivity index is 2.30. The number of halogens is 2. The van der Waals surface area contributed by atoms with Gasteiger partial charge < -0.3 is 10.6 Å². The van der Waals surface area contributed by atoms with Crippen LogP contribution in [0, 0.1) is 9.39 Å². The van der Waals surface area contributed by atoms with Crippen molar-refractivity contribution in [2.45, 2.75) is 13.5 Å². The summed E-state index contributed by atoms with van der Waals surface area (Å²) >= 11 is 1.95. The summed E-state index contributed by atoms with van der Waals surface area (Å²) in [6.45, 7) is 3.54. The molecule has 2 aromatic rings. The minimum absolute atomic E-state index is 0.226. The fraction of sp³-hybridized carbons (Fsp3) is 0.200. The molecule has 0 saturated carbocycles. The molecule has 0 amide bonds. The van der Waals surface area contributed by atoms with Gasteiger partial charge in [0, 0.05) is 19.2 Å². The fourth-order valence-electron chi connectivity index (χ4n) is 2.00. The number of anilines is 2. The molecule has 0 fully saturated rings. The molecule has 2 nitrogen and oxygen atoms in total. The third-order valence-electron chi connectivity index (χ3n) is 3.01. The fourth-order valence-corrected chi connectivity index (χ4v) is 2.49. The second-order valence-electron chi connectivity index (χ2n) is 4.32. The van der Waals surface area contributed by atoms with Gasteiger partial charge in [0.2, 0.25) is 0 Å². The van der Waals surface area contributed by atoms with Gasteiger partial charge in [-0.1, -0.05) is 30.3 Å². The van der Waals surface area contributed by atoms with Crippen molar-refractivity contribution in [1.82, 2.24) is 0 Å². The van der Waals surface area contributed by atoms with Gasteiger partial charge in [-0.25, -0.2) is 4.39 Å². The SMILES string of the molecule is CCN(Cc1ccccc1)c1cc(F)c(I)cc1N. The maximum absolute atomic E-state index is 13.7. The van der Waals surface area contributed by atoms with Crippen LogP contribution in [0.3, 0.4) is 0 Å². The molecule has 2 rings (SSSR count). The van der Waals surface area contributed by atoms with E-state index in [0.29, 0.717) is 9.26 Å². The molecular formula is C15H16FIN2. The van der Waals surface area contributed by atoms with Crippen LogP contribution in [0.2, 0.25) is 0 Å². The summed E-state index contributed by atoms with van der Waals surface area (Å²) in [7, 11) is 0. The van der Waals surface area contributed by atoms with Crippen LogP contribution in [0.15, 0.2) is 42.5 Å². The Morgan fingerprint density at radius 3 is 2.53 bits per heavy atom. The van der Waals surface area contributed by atoms with Crippen LogP contribution >= 0.6 is 22.6 Å². The van der Waals surface area contributed by atoms with E-state index in [1.807, 2.05) is 47.7 Å². The second kappa shape index (κ2) is 6.23. The molecule has 0 aliphatic carbocycles. The number of hydrogen-bond donors (Lipinski definition) is 1. The zero-order valence-corrected chi connectivity index (χ0v) is 12.9. The van der Waals surface area contributed by atoms with E-state index in [1.54, 1.807) is 6.07 Å². The lowest BCUT2D eigenvalue weighted by Crippen LogP contribution is -2.23. The van der Waals surface area contributed by atoms with Crippen LogP contribution in [0.1, 0.15) is 12.5 Å². The Hall–Kier alpha value is -1.30. The largest absolute Gasteiger partial charge is 0.397 e. The van der Waals surface area contributed by atoms with E-state index in [1.165, 1.54) is 11.6 Å². The zero-order chi connectivity index (χ0) is 13.8. The van der Waals surface area contributed by atoms with Crippen LogP contribution in [-0.2, 0) is 6.54 Å². The minimum Gasteiger partial charge on any atom is -0.397 e. The molecular weight excluding hydrogens is 354 g/mol. The standard InChI is InChI=1S/C15H16FIN2/c1-2-19(10-11-6-4-3-5-7-11)15-8-12(16)13(17)9-14(15)18/h3-9H,2,10,18H2,1H3. The molecule has 2 aromatic carbocycles. The first kappa shape index (κ1) is 14.1. The molecule has 0 unspecified atom stereocenters. The average molecular weight is 370 g/mol. The molecule has 0 atom stereocenters. The van der Waals surface area contributed by atoms with Crippen molar-refractivity contribution in [3.05, 3.63) is 57.4 Å². The first-order chi connectivity index (χ1) is 9.11. The van der Waals surface area contributed by atoms with Crippen molar-refractivity contribution in [3.8, 4) is 0 Å². The number of nitrogen functional groups attached to an aromatic ring is 1. The van der Waals surface area contributed by atoms with Gasteiger partial charge in [-0.05, 0) is 41.1 Å². The highest BCUT2D eigenvalue weighted by molar-refractivity contribution is 14.1. The van der Waals surface area contributed by atoms with Gasteiger partial charge >= 0.3 is 0 Å². The molecule has 0 heterocycles. The van der Waals surface area contributed by atoms with Gasteiger partial charge in [0.1, 0.15) is 5.82 Å². The van der Waals surface area contributed by atoms with Gasteiger partial charge in [0.25, 0.3) is 0 Å². The lowest BCUT2D eigenvalue weighted by molar-refractivity contribution is 0.619. The predicted molar refractivity (Wildman–Crippen MR) is 86.7 cm³/mol. The van der Waals surface area contributed by atoms with Gasteiger partial charge in [0.15, 0.2) is 0 Å². The van der Waals surface area contributed by atoms with Crippen molar-refractivity contribution in [1.29, 1.82) is 0 Å². The van der Waals surface area contributed by atoms with E-state index in [2.05, 4.69) is 17.0 Å². The normalized spacial score (nSPS) is 10.5. The van der Waals surface area contributed by atoms with Crippen molar-refractivity contribution < 1.29 is 4.39 Å². The maximum atomic E-state index is 13.7. The van der Waals surface area contributed by atoms with Crippen LogP contribution in [-0.4, -0.2) is 6.54 Å². The lowest BCUT2D eigenvalue weighted by Gasteiger charge is -2.25. The summed E-state index contributed by atoms with van der Waals surface area (Å²) in [6.07, 6.45) is 0. The molecule has 0 aliphatic rings. The molecule has 100 valence electrons. The van der Waals surface area contributed by atoms with Crippen molar-refractivity contribution in [2.75, 3.05) is 17.2 Å². The minimum atomic E-state index is -0.226. The number of hydrogen-bond acceptors (Lipinski definition) is 2. The zero-order valence-electron chi connectivity index (χ0n) is 10.7. The van der Waals surface area contributed by atoms with Crippen LogP contribution < -0.4 is 10.6 Å². The summed E-state index contributed by atoms with van der Waals surface area (Å²) in [4.78, 5) is 2.07. The molecule has 0 aromatic heterocycles. The van der Waals surface area contributed by atoms with Crippen molar-refractivity contribution >= 4 is 34.0 Å². The summed E-state index contributed by atoms with van der Waals surface area (Å²) < 4.78 is 14.3. The number of nitrogens with zero attached hydrogens (tertiary/aromatic N) is 1. The predicted octanol–water partition coefficient (Wildman–Crippen LogP) is 4.04. The quantitative estimate of drug-likeness (QED) is 0.650. The Morgan fingerprint density at radius 1 is 1.21 bits per heavy atom. The lowest BCUT2D eigenvalue weighted by atomic mass is 10.2. The molecule has 19 heavy (non-hydrogen) atoms. The van der Waals surface area contributed by atoms with Crippen molar-refractivity contribution in [2.24, 2.45) is 0 Å². The van der Waals surface area contributed by atoms with E-state index < -0.39 is 0 Å². The smallest absolute Gasteiger partial charge is 0.138 e. The first-order valence-electron chi connectivity index (χ1n) is 6.15. The van der Waals surface area contributed by atoms with Gasteiger partial charge in [-0.2, -0.15) is 0 Å². The Kier molecular flexibility index (Phi) is 4.63. The molecule has 4 heteroatoms. The third kappa shape index (κ3) is 3.37. The van der Waals surface area contributed by atoms with E-state index >= 15 is 0 Å². The van der Waals surface area contributed by atoms with Gasteiger partial charge in [-0.15, -0.1) is 0 Å². The Labute approximate surface area is 126 Å².